The van der Waals surface area contributed by atoms with Crippen molar-refractivity contribution in [2.45, 2.75) is 44.9 Å². The highest BCUT2D eigenvalue weighted by Gasteiger charge is 2.28. The van der Waals surface area contributed by atoms with Crippen LogP contribution < -0.4 is 0 Å². The highest BCUT2D eigenvalue weighted by molar-refractivity contribution is 5.81. The van der Waals surface area contributed by atoms with E-state index in [1.165, 1.54) is 29.5 Å². The standard InChI is InChI=1S/C14H18N2/c1-14(2,3)11-8-12(9-4-5-9)16-13-10(11)6-7-15-13/h6-9H,4-5H2,1-3H3,(H,15,16). The Morgan fingerprint density at radius 1 is 1.31 bits per heavy atom. The first-order chi connectivity index (χ1) is 7.55. The van der Waals surface area contributed by atoms with E-state index in [2.05, 4.69) is 37.9 Å². The van der Waals surface area contributed by atoms with Gasteiger partial charge in [0, 0.05) is 23.2 Å². The van der Waals surface area contributed by atoms with E-state index in [-0.39, 0.29) is 5.41 Å². The molecule has 0 aliphatic heterocycles. The van der Waals surface area contributed by atoms with Crippen molar-refractivity contribution in [3.05, 3.63) is 29.6 Å². The van der Waals surface area contributed by atoms with Crippen molar-refractivity contribution in [1.29, 1.82) is 0 Å². The highest BCUT2D eigenvalue weighted by Crippen LogP contribution is 2.41. The van der Waals surface area contributed by atoms with E-state index < -0.39 is 0 Å². The van der Waals surface area contributed by atoms with Gasteiger partial charge < -0.3 is 4.98 Å². The Morgan fingerprint density at radius 3 is 2.69 bits per heavy atom. The molecule has 2 aromatic heterocycles. The molecule has 2 heteroatoms. The number of hydrogen-bond acceptors (Lipinski definition) is 1. The number of nitrogens with one attached hydrogen (secondary N) is 1. The van der Waals surface area contributed by atoms with Crippen molar-refractivity contribution < 1.29 is 0 Å². The van der Waals surface area contributed by atoms with Gasteiger partial charge in [-0.15, -0.1) is 0 Å². The zero-order chi connectivity index (χ0) is 11.3. The summed E-state index contributed by atoms with van der Waals surface area (Å²) in [5, 5.41) is 1.27. The van der Waals surface area contributed by atoms with Gasteiger partial charge in [0.25, 0.3) is 0 Å². The third kappa shape index (κ3) is 1.53. The molecule has 1 N–H and O–H groups in total. The predicted molar refractivity (Wildman–Crippen MR) is 66.8 cm³/mol. The van der Waals surface area contributed by atoms with E-state index in [4.69, 9.17) is 4.98 Å². The lowest BCUT2D eigenvalue weighted by molar-refractivity contribution is 0.594. The van der Waals surface area contributed by atoms with Gasteiger partial charge in [0.2, 0.25) is 0 Å². The molecule has 0 atom stereocenters. The Hall–Kier alpha value is -1.31. The number of fused-ring (bicyclic) bond motifs is 1. The molecule has 0 bridgehead atoms. The molecule has 1 fully saturated rings. The second kappa shape index (κ2) is 3.09. The zero-order valence-corrected chi connectivity index (χ0v) is 10.2. The molecule has 1 saturated carbocycles. The molecule has 0 aromatic carbocycles. The fraction of sp³-hybridized carbons (Fsp3) is 0.500. The monoisotopic (exact) mass is 214 g/mol. The van der Waals surface area contributed by atoms with Crippen LogP contribution >= 0.6 is 0 Å². The lowest BCUT2D eigenvalue weighted by Gasteiger charge is -2.21. The number of H-pyrrole nitrogens is 1. The molecule has 0 spiro atoms. The summed E-state index contributed by atoms with van der Waals surface area (Å²) in [6.07, 6.45) is 4.61. The second-order valence-corrected chi connectivity index (χ2v) is 5.86. The van der Waals surface area contributed by atoms with Crippen molar-refractivity contribution >= 4 is 11.0 Å². The van der Waals surface area contributed by atoms with Crippen LogP contribution in [0.3, 0.4) is 0 Å². The maximum absolute atomic E-state index is 4.72. The van der Waals surface area contributed by atoms with Crippen molar-refractivity contribution in [3.8, 4) is 0 Å². The van der Waals surface area contributed by atoms with Gasteiger partial charge in [-0.25, -0.2) is 4.98 Å². The van der Waals surface area contributed by atoms with Gasteiger partial charge >= 0.3 is 0 Å². The first-order valence-electron chi connectivity index (χ1n) is 6.04. The molecule has 0 saturated heterocycles. The first kappa shape index (κ1) is 9.88. The number of aromatic amines is 1. The van der Waals surface area contributed by atoms with Crippen LogP contribution in [0.5, 0.6) is 0 Å². The lowest BCUT2D eigenvalue weighted by Crippen LogP contribution is -2.12. The molecular weight excluding hydrogens is 196 g/mol. The molecule has 3 rings (SSSR count). The van der Waals surface area contributed by atoms with E-state index in [9.17, 15) is 0 Å². The van der Waals surface area contributed by atoms with Crippen LogP contribution in [-0.4, -0.2) is 9.97 Å². The minimum absolute atomic E-state index is 0.188. The van der Waals surface area contributed by atoms with Gasteiger partial charge in [-0.05, 0) is 36.0 Å². The summed E-state index contributed by atoms with van der Waals surface area (Å²) in [5.41, 5.74) is 3.93. The molecule has 0 unspecified atom stereocenters. The van der Waals surface area contributed by atoms with Crippen LogP contribution in [-0.2, 0) is 5.41 Å². The lowest BCUT2D eigenvalue weighted by atomic mass is 9.85. The van der Waals surface area contributed by atoms with Crippen LogP contribution in [0.15, 0.2) is 18.3 Å². The Kier molecular flexibility index (Phi) is 1.91. The normalized spacial score (nSPS) is 16.9. The maximum atomic E-state index is 4.72. The summed E-state index contributed by atoms with van der Waals surface area (Å²) in [6, 6.07) is 4.45. The topological polar surface area (TPSA) is 28.7 Å². The summed E-state index contributed by atoms with van der Waals surface area (Å²) in [6.45, 7) is 6.81. The van der Waals surface area contributed by atoms with Crippen LogP contribution in [0.4, 0.5) is 0 Å². The fourth-order valence-electron chi connectivity index (χ4n) is 2.27. The second-order valence-electron chi connectivity index (χ2n) is 5.86. The number of hydrogen-bond donors (Lipinski definition) is 1. The van der Waals surface area contributed by atoms with Gasteiger partial charge in [-0.2, -0.15) is 0 Å². The Labute approximate surface area is 96.1 Å². The van der Waals surface area contributed by atoms with E-state index in [1.807, 2.05) is 6.20 Å². The molecule has 2 nitrogen and oxygen atoms in total. The number of nitrogens with zero attached hydrogens (tertiary/aromatic N) is 1. The third-order valence-corrected chi connectivity index (χ3v) is 3.35. The summed E-state index contributed by atoms with van der Waals surface area (Å²) in [4.78, 5) is 7.96. The Bertz CT molecular complexity index is 527. The van der Waals surface area contributed by atoms with Crippen LogP contribution in [0.25, 0.3) is 11.0 Å². The Morgan fingerprint density at radius 2 is 2.06 bits per heavy atom. The Balaban J connectivity index is 2.26. The average molecular weight is 214 g/mol. The van der Waals surface area contributed by atoms with Crippen molar-refractivity contribution in [1.82, 2.24) is 9.97 Å². The van der Waals surface area contributed by atoms with E-state index in [1.54, 1.807) is 0 Å². The third-order valence-electron chi connectivity index (χ3n) is 3.35. The number of rotatable bonds is 1. The smallest absolute Gasteiger partial charge is 0.137 e. The van der Waals surface area contributed by atoms with Gasteiger partial charge in [-0.1, -0.05) is 20.8 Å². The molecule has 2 aromatic rings. The SMILES string of the molecule is CC(C)(C)c1cc(C2CC2)nc2[nH]ccc12. The summed E-state index contributed by atoms with van der Waals surface area (Å²) < 4.78 is 0. The van der Waals surface area contributed by atoms with Crippen LogP contribution in [0, 0.1) is 0 Å². The zero-order valence-electron chi connectivity index (χ0n) is 10.2. The molecule has 16 heavy (non-hydrogen) atoms. The molecular formula is C14H18N2. The predicted octanol–water partition coefficient (Wildman–Crippen LogP) is 3.74. The van der Waals surface area contributed by atoms with E-state index in [0.29, 0.717) is 5.92 Å². The van der Waals surface area contributed by atoms with Gasteiger partial charge in [0.1, 0.15) is 5.65 Å². The van der Waals surface area contributed by atoms with Crippen molar-refractivity contribution in [2.75, 3.05) is 0 Å². The highest BCUT2D eigenvalue weighted by atomic mass is 14.9. The van der Waals surface area contributed by atoms with Crippen molar-refractivity contribution in [2.24, 2.45) is 0 Å². The first-order valence-corrected chi connectivity index (χ1v) is 6.04. The number of pyridine rings is 1. The van der Waals surface area contributed by atoms with Crippen molar-refractivity contribution in [3.63, 3.8) is 0 Å². The largest absolute Gasteiger partial charge is 0.346 e. The molecule has 1 aliphatic carbocycles. The molecule has 0 radical (unpaired) electrons. The summed E-state index contributed by atoms with van der Waals surface area (Å²) >= 11 is 0. The van der Waals surface area contributed by atoms with Crippen LogP contribution in [0.1, 0.15) is 50.8 Å². The summed E-state index contributed by atoms with van der Waals surface area (Å²) in [5.74, 6) is 0.716. The molecule has 1 aliphatic rings. The minimum Gasteiger partial charge on any atom is -0.346 e. The number of aromatic nitrogens is 2. The van der Waals surface area contributed by atoms with Gasteiger partial charge in [-0.3, -0.25) is 0 Å². The van der Waals surface area contributed by atoms with Crippen LogP contribution in [0.2, 0.25) is 0 Å². The summed E-state index contributed by atoms with van der Waals surface area (Å²) in [7, 11) is 0. The van der Waals surface area contributed by atoms with Gasteiger partial charge in [0.15, 0.2) is 0 Å². The molecule has 0 amide bonds. The van der Waals surface area contributed by atoms with E-state index in [0.717, 1.165) is 5.65 Å². The average Bonchev–Trinajstić information content (AvgIpc) is 2.94. The quantitative estimate of drug-likeness (QED) is 0.769. The van der Waals surface area contributed by atoms with Gasteiger partial charge in [0.05, 0.1) is 0 Å². The molecule has 84 valence electrons. The fourth-order valence-corrected chi connectivity index (χ4v) is 2.27. The maximum Gasteiger partial charge on any atom is 0.137 e. The van der Waals surface area contributed by atoms with E-state index >= 15 is 0 Å². The minimum atomic E-state index is 0.188. The molecule has 2 heterocycles.